The second-order valence-electron chi connectivity index (χ2n) is 6.49. The van der Waals surface area contributed by atoms with Gasteiger partial charge in [0.1, 0.15) is 5.60 Å². The van der Waals surface area contributed by atoms with E-state index in [1.54, 1.807) is 0 Å². The lowest BCUT2D eigenvalue weighted by Crippen LogP contribution is -2.68. The van der Waals surface area contributed by atoms with E-state index < -0.39 is 21.5 Å². The van der Waals surface area contributed by atoms with Crippen LogP contribution in [0.15, 0.2) is 60.7 Å². The summed E-state index contributed by atoms with van der Waals surface area (Å²) < 4.78 is 6.55. The standard InChI is InChI=1S/C17H22O3Si2/c1-21(2)20-17(13-14-22(21,18)19,15-9-5-3-6-10-15)16-11-7-4-8-12-16/h3-12,18-19H,13-14H2,1-2H3. The fourth-order valence-corrected chi connectivity index (χ4v) is 9.08. The molecule has 0 atom stereocenters. The summed E-state index contributed by atoms with van der Waals surface area (Å²) in [6.07, 6.45) is 0.608. The molecule has 5 heteroatoms. The lowest BCUT2D eigenvalue weighted by Gasteiger charge is -2.49. The first-order chi connectivity index (χ1) is 10.4. The van der Waals surface area contributed by atoms with Crippen molar-refractivity contribution in [3.05, 3.63) is 71.8 Å². The van der Waals surface area contributed by atoms with Crippen molar-refractivity contribution >= 4 is 15.9 Å². The smallest absolute Gasteiger partial charge is 0.343 e. The van der Waals surface area contributed by atoms with Crippen LogP contribution < -0.4 is 0 Å². The molecule has 0 bridgehead atoms. The summed E-state index contributed by atoms with van der Waals surface area (Å²) in [5.74, 6) is 0. The highest BCUT2D eigenvalue weighted by molar-refractivity contribution is 7.33. The zero-order valence-electron chi connectivity index (χ0n) is 13.0. The molecule has 1 aliphatic rings. The molecule has 0 amide bonds. The van der Waals surface area contributed by atoms with Gasteiger partial charge < -0.3 is 14.0 Å². The predicted octanol–water partition coefficient (Wildman–Crippen LogP) is 3.06. The van der Waals surface area contributed by atoms with Gasteiger partial charge in [-0.15, -0.1) is 0 Å². The van der Waals surface area contributed by atoms with Crippen LogP contribution in [0, 0.1) is 0 Å². The molecule has 2 aromatic carbocycles. The topological polar surface area (TPSA) is 49.7 Å². The summed E-state index contributed by atoms with van der Waals surface area (Å²) in [7, 11) is -5.83. The van der Waals surface area contributed by atoms with Gasteiger partial charge in [-0.25, -0.2) is 0 Å². The van der Waals surface area contributed by atoms with E-state index in [9.17, 15) is 9.59 Å². The Morgan fingerprint density at radius 2 is 1.32 bits per heavy atom. The van der Waals surface area contributed by atoms with Gasteiger partial charge in [0.15, 0.2) is 0 Å². The van der Waals surface area contributed by atoms with Crippen LogP contribution in [0.3, 0.4) is 0 Å². The second-order valence-corrected chi connectivity index (χ2v) is 17.9. The Morgan fingerprint density at radius 3 is 1.73 bits per heavy atom. The molecular formula is C17H22O3Si2. The summed E-state index contributed by atoms with van der Waals surface area (Å²) in [6, 6.07) is 20.8. The number of rotatable bonds is 2. The molecule has 1 heterocycles. The van der Waals surface area contributed by atoms with E-state index in [1.807, 2.05) is 49.5 Å². The molecule has 0 radical (unpaired) electrons. The highest BCUT2D eigenvalue weighted by atomic mass is 29.3. The third-order valence-corrected chi connectivity index (χ3v) is 15.3. The highest BCUT2D eigenvalue weighted by Gasteiger charge is 2.59. The number of hydrogen-bond donors (Lipinski definition) is 2. The molecule has 0 spiro atoms. The van der Waals surface area contributed by atoms with E-state index in [4.69, 9.17) is 4.43 Å². The molecule has 1 fully saturated rings. The minimum atomic E-state index is -3.26. The molecule has 116 valence electrons. The maximum atomic E-state index is 10.5. The third kappa shape index (κ3) is 2.49. The van der Waals surface area contributed by atoms with Gasteiger partial charge in [0.2, 0.25) is 7.83 Å². The summed E-state index contributed by atoms with van der Waals surface area (Å²) in [5, 5.41) is 0. The lowest BCUT2D eigenvalue weighted by atomic mass is 9.84. The summed E-state index contributed by atoms with van der Waals surface area (Å²) in [4.78, 5) is 20.9. The predicted molar refractivity (Wildman–Crippen MR) is 91.8 cm³/mol. The van der Waals surface area contributed by atoms with E-state index in [0.29, 0.717) is 12.5 Å². The molecule has 2 N–H and O–H groups in total. The monoisotopic (exact) mass is 330 g/mol. The van der Waals surface area contributed by atoms with Crippen LogP contribution in [0.4, 0.5) is 0 Å². The SMILES string of the molecule is C[Si]1(C)OC(c2ccccc2)(c2ccccc2)CC[Si]1(O)O. The molecule has 0 unspecified atom stereocenters. The van der Waals surface area contributed by atoms with Crippen LogP contribution in [0.25, 0.3) is 0 Å². The zero-order valence-corrected chi connectivity index (χ0v) is 15.0. The van der Waals surface area contributed by atoms with Gasteiger partial charge >= 0.3 is 8.08 Å². The fourth-order valence-electron chi connectivity index (χ4n) is 3.21. The lowest BCUT2D eigenvalue weighted by molar-refractivity contribution is 0.0819. The third-order valence-electron chi connectivity index (χ3n) is 4.70. The Bertz CT molecular complexity index is 602. The quantitative estimate of drug-likeness (QED) is 0.832. The minimum Gasteiger partial charge on any atom is -0.411 e. The molecular weight excluding hydrogens is 308 g/mol. The van der Waals surface area contributed by atoms with Crippen molar-refractivity contribution < 1.29 is 14.0 Å². The van der Waals surface area contributed by atoms with Crippen molar-refractivity contribution in [2.24, 2.45) is 0 Å². The summed E-state index contributed by atoms with van der Waals surface area (Å²) >= 11 is 0. The molecule has 1 saturated heterocycles. The Labute approximate surface area is 133 Å². The first-order valence-electron chi connectivity index (χ1n) is 7.63. The molecule has 1 aliphatic heterocycles. The average Bonchev–Trinajstić information content (AvgIpc) is 2.52. The average molecular weight is 331 g/mol. The molecule has 2 aromatic rings. The summed E-state index contributed by atoms with van der Waals surface area (Å²) in [5.41, 5.74) is 1.61. The van der Waals surface area contributed by atoms with E-state index in [-0.39, 0.29) is 0 Å². The summed E-state index contributed by atoms with van der Waals surface area (Å²) in [6.45, 7) is 3.86. The Kier molecular flexibility index (Phi) is 3.86. The largest absolute Gasteiger partial charge is 0.411 e. The Balaban J connectivity index is 2.14. The maximum absolute atomic E-state index is 10.5. The van der Waals surface area contributed by atoms with Crippen molar-refractivity contribution in [2.45, 2.75) is 31.2 Å². The molecule has 3 nitrogen and oxygen atoms in total. The van der Waals surface area contributed by atoms with E-state index >= 15 is 0 Å². The van der Waals surface area contributed by atoms with Crippen molar-refractivity contribution in [2.75, 3.05) is 0 Å². The molecule has 22 heavy (non-hydrogen) atoms. The Hall–Kier alpha value is -1.25. The van der Waals surface area contributed by atoms with Crippen molar-refractivity contribution in [3.63, 3.8) is 0 Å². The second kappa shape index (κ2) is 5.43. The Morgan fingerprint density at radius 1 is 0.864 bits per heavy atom. The van der Waals surface area contributed by atoms with Gasteiger partial charge in [-0.05, 0) is 36.7 Å². The van der Waals surface area contributed by atoms with Crippen LogP contribution in [0.5, 0.6) is 0 Å². The van der Waals surface area contributed by atoms with Gasteiger partial charge in [-0.2, -0.15) is 0 Å². The van der Waals surface area contributed by atoms with E-state index in [2.05, 4.69) is 24.3 Å². The van der Waals surface area contributed by atoms with Crippen molar-refractivity contribution in [3.8, 4) is 0 Å². The first-order valence-corrected chi connectivity index (χ1v) is 13.6. The van der Waals surface area contributed by atoms with Gasteiger partial charge in [0, 0.05) is 0 Å². The van der Waals surface area contributed by atoms with E-state index in [0.717, 1.165) is 11.1 Å². The van der Waals surface area contributed by atoms with Gasteiger partial charge in [-0.3, -0.25) is 0 Å². The van der Waals surface area contributed by atoms with Gasteiger partial charge in [0.05, 0.1) is 0 Å². The van der Waals surface area contributed by atoms with Crippen molar-refractivity contribution in [1.29, 1.82) is 0 Å². The number of hydrogen-bond acceptors (Lipinski definition) is 3. The van der Waals surface area contributed by atoms with Gasteiger partial charge in [-0.1, -0.05) is 60.7 Å². The normalized spacial score (nSPS) is 22.2. The number of benzene rings is 2. The van der Waals surface area contributed by atoms with E-state index in [1.165, 1.54) is 0 Å². The van der Waals surface area contributed by atoms with Crippen LogP contribution in [0.2, 0.25) is 19.1 Å². The first kappa shape index (κ1) is 15.6. The van der Waals surface area contributed by atoms with Gasteiger partial charge in [0.25, 0.3) is 0 Å². The molecule has 0 aliphatic carbocycles. The zero-order chi connectivity index (χ0) is 15.8. The molecule has 0 aromatic heterocycles. The van der Waals surface area contributed by atoms with Crippen LogP contribution in [-0.2, 0) is 10.0 Å². The fraction of sp³-hybridized carbons (Fsp3) is 0.294. The molecule has 3 rings (SSSR count). The van der Waals surface area contributed by atoms with Crippen molar-refractivity contribution in [1.82, 2.24) is 0 Å². The minimum absolute atomic E-state index is 0.454. The van der Waals surface area contributed by atoms with Crippen LogP contribution >= 0.6 is 0 Å². The van der Waals surface area contributed by atoms with Crippen LogP contribution in [0.1, 0.15) is 17.5 Å². The maximum Gasteiger partial charge on any atom is 0.343 e. The van der Waals surface area contributed by atoms with Crippen LogP contribution in [-0.4, -0.2) is 25.5 Å². The molecule has 0 saturated carbocycles. The highest BCUT2D eigenvalue weighted by Crippen LogP contribution is 2.46.